The minimum atomic E-state index is -0.291. The second-order valence-electron chi connectivity index (χ2n) is 5.19. The monoisotopic (exact) mass is 280 g/mol. The van der Waals surface area contributed by atoms with Crippen LogP contribution < -0.4 is 5.30 Å². The molecular formula is C19H21P. The first-order chi connectivity index (χ1) is 9.66. The van der Waals surface area contributed by atoms with E-state index in [4.69, 9.17) is 0 Å². The fourth-order valence-corrected chi connectivity index (χ4v) is 3.77. The summed E-state index contributed by atoms with van der Waals surface area (Å²) >= 11 is 0. The predicted molar refractivity (Wildman–Crippen MR) is 91.9 cm³/mol. The zero-order valence-electron chi connectivity index (χ0n) is 12.4. The van der Waals surface area contributed by atoms with Crippen LogP contribution in [0.5, 0.6) is 0 Å². The summed E-state index contributed by atoms with van der Waals surface area (Å²) in [6, 6.07) is 19.2. The highest BCUT2D eigenvalue weighted by atomic mass is 31.1. The van der Waals surface area contributed by atoms with Crippen molar-refractivity contribution < 1.29 is 0 Å². The molecule has 2 rings (SSSR count). The molecule has 0 heterocycles. The Kier molecular flexibility index (Phi) is 5.36. The summed E-state index contributed by atoms with van der Waals surface area (Å²) in [5.74, 6) is 2.25. The van der Waals surface area contributed by atoms with Gasteiger partial charge in [0.25, 0.3) is 0 Å². The summed E-state index contributed by atoms with van der Waals surface area (Å²) in [5, 5.41) is 1.43. The normalized spacial score (nSPS) is 11.8. The summed E-state index contributed by atoms with van der Waals surface area (Å²) in [7, 11) is -0.291. The van der Waals surface area contributed by atoms with Crippen LogP contribution in [0.4, 0.5) is 0 Å². The Morgan fingerprint density at radius 1 is 0.950 bits per heavy atom. The quantitative estimate of drug-likeness (QED) is 0.524. The molecule has 1 heteroatoms. The van der Waals surface area contributed by atoms with Crippen LogP contribution in [0.25, 0.3) is 6.08 Å². The lowest BCUT2D eigenvalue weighted by molar-refractivity contribution is 1.10. The van der Waals surface area contributed by atoms with Crippen molar-refractivity contribution in [3.05, 3.63) is 77.3 Å². The van der Waals surface area contributed by atoms with Crippen LogP contribution in [0.3, 0.4) is 0 Å². The standard InChI is InChI=1S/C19H21P/c1-16(2)20(19-13-11-17(3)12-14-19)15-7-10-18-8-5-4-6-9-18/h4-6,8-16H,1-3H3. The average molecular weight is 280 g/mol. The molecule has 2 aromatic carbocycles. The third kappa shape index (κ3) is 4.20. The van der Waals surface area contributed by atoms with Crippen LogP contribution in [-0.2, 0) is 0 Å². The average Bonchev–Trinajstić information content (AvgIpc) is 2.46. The van der Waals surface area contributed by atoms with Gasteiger partial charge in [-0.2, -0.15) is 0 Å². The fourth-order valence-electron chi connectivity index (χ4n) is 2.00. The van der Waals surface area contributed by atoms with E-state index in [-0.39, 0.29) is 7.92 Å². The number of hydrogen-bond acceptors (Lipinski definition) is 0. The second-order valence-corrected chi connectivity index (χ2v) is 7.81. The summed E-state index contributed by atoms with van der Waals surface area (Å²) in [5.41, 5.74) is 6.52. The Morgan fingerprint density at radius 3 is 2.20 bits per heavy atom. The Morgan fingerprint density at radius 2 is 1.60 bits per heavy atom. The highest BCUT2D eigenvalue weighted by Crippen LogP contribution is 2.41. The molecule has 0 fully saturated rings. The lowest BCUT2D eigenvalue weighted by atomic mass is 10.2. The van der Waals surface area contributed by atoms with Crippen LogP contribution in [-0.4, -0.2) is 5.66 Å². The largest absolute Gasteiger partial charge is 0.119 e. The van der Waals surface area contributed by atoms with E-state index in [0.717, 1.165) is 0 Å². The van der Waals surface area contributed by atoms with Crippen molar-refractivity contribution in [3.8, 4) is 0 Å². The van der Waals surface area contributed by atoms with Crippen LogP contribution in [0, 0.1) is 6.92 Å². The molecule has 0 saturated carbocycles. The predicted octanol–water partition coefficient (Wildman–Crippen LogP) is 5.34. The van der Waals surface area contributed by atoms with Crippen LogP contribution in [0.1, 0.15) is 25.0 Å². The van der Waals surface area contributed by atoms with Gasteiger partial charge in [-0.15, -0.1) is 5.73 Å². The topological polar surface area (TPSA) is 0 Å². The Balaban J connectivity index is 2.22. The van der Waals surface area contributed by atoms with Crippen LogP contribution in [0.15, 0.2) is 66.1 Å². The number of aryl methyl sites for hydroxylation is 1. The zero-order chi connectivity index (χ0) is 14.4. The summed E-state index contributed by atoms with van der Waals surface area (Å²) in [6.45, 7) is 6.70. The number of benzene rings is 2. The summed E-state index contributed by atoms with van der Waals surface area (Å²) < 4.78 is 0. The van der Waals surface area contributed by atoms with Crippen LogP contribution in [0.2, 0.25) is 0 Å². The molecule has 0 N–H and O–H groups in total. The van der Waals surface area contributed by atoms with Crippen molar-refractivity contribution in [3.63, 3.8) is 0 Å². The van der Waals surface area contributed by atoms with Crippen molar-refractivity contribution in [2.45, 2.75) is 26.4 Å². The number of rotatable bonds is 4. The van der Waals surface area contributed by atoms with E-state index in [1.807, 2.05) is 6.07 Å². The molecule has 102 valence electrons. The van der Waals surface area contributed by atoms with Crippen molar-refractivity contribution in [2.24, 2.45) is 0 Å². The lowest BCUT2D eigenvalue weighted by Crippen LogP contribution is -2.05. The fraction of sp³-hybridized carbons (Fsp3) is 0.211. The Bertz CT molecular complexity index is 587. The van der Waals surface area contributed by atoms with Gasteiger partial charge in [0, 0.05) is 0 Å². The van der Waals surface area contributed by atoms with Crippen LogP contribution >= 0.6 is 7.92 Å². The first-order valence-corrected chi connectivity index (χ1v) is 8.47. The molecule has 0 aromatic heterocycles. The molecule has 0 nitrogen and oxygen atoms in total. The van der Waals surface area contributed by atoms with E-state index in [1.165, 1.54) is 16.4 Å². The molecule has 0 radical (unpaired) electrons. The van der Waals surface area contributed by atoms with Crippen molar-refractivity contribution in [2.75, 3.05) is 0 Å². The van der Waals surface area contributed by atoms with Gasteiger partial charge in [0.05, 0.1) is 0 Å². The van der Waals surface area contributed by atoms with Gasteiger partial charge >= 0.3 is 0 Å². The van der Waals surface area contributed by atoms with Crippen molar-refractivity contribution in [1.82, 2.24) is 0 Å². The van der Waals surface area contributed by atoms with Gasteiger partial charge in [0.1, 0.15) is 0 Å². The molecule has 1 atom stereocenters. The molecule has 0 aliphatic rings. The van der Waals surface area contributed by atoms with E-state index in [0.29, 0.717) is 5.66 Å². The maximum Gasteiger partial charge on any atom is -0.0127 e. The molecule has 2 aromatic rings. The molecule has 0 aliphatic heterocycles. The van der Waals surface area contributed by atoms with E-state index in [1.54, 1.807) is 0 Å². The van der Waals surface area contributed by atoms with E-state index >= 15 is 0 Å². The molecule has 0 amide bonds. The smallest absolute Gasteiger partial charge is 0.0127 e. The number of hydrogen-bond donors (Lipinski definition) is 0. The highest BCUT2D eigenvalue weighted by molar-refractivity contribution is 7.69. The Labute approximate surface area is 123 Å². The summed E-state index contributed by atoms with van der Waals surface area (Å²) in [4.78, 5) is 0. The molecule has 0 spiro atoms. The molecule has 0 saturated heterocycles. The molecule has 0 aliphatic carbocycles. The molecule has 20 heavy (non-hydrogen) atoms. The van der Waals surface area contributed by atoms with E-state index in [2.05, 4.69) is 86.9 Å². The third-order valence-corrected chi connectivity index (χ3v) is 5.59. The maximum atomic E-state index is 3.38. The van der Waals surface area contributed by atoms with E-state index < -0.39 is 0 Å². The second kappa shape index (κ2) is 7.25. The van der Waals surface area contributed by atoms with Gasteiger partial charge in [-0.1, -0.05) is 74.0 Å². The van der Waals surface area contributed by atoms with Gasteiger partial charge in [-0.3, -0.25) is 0 Å². The van der Waals surface area contributed by atoms with Gasteiger partial charge in [-0.05, 0) is 43.3 Å². The van der Waals surface area contributed by atoms with Gasteiger partial charge in [-0.25, -0.2) is 0 Å². The zero-order valence-corrected chi connectivity index (χ0v) is 13.3. The maximum absolute atomic E-state index is 3.38. The van der Waals surface area contributed by atoms with Gasteiger partial charge in [0.2, 0.25) is 0 Å². The minimum Gasteiger partial charge on any atom is -0.119 e. The van der Waals surface area contributed by atoms with Crippen molar-refractivity contribution in [1.29, 1.82) is 0 Å². The lowest BCUT2D eigenvalue weighted by Gasteiger charge is -2.17. The molecule has 0 bridgehead atoms. The first kappa shape index (κ1) is 14.8. The van der Waals surface area contributed by atoms with E-state index in [9.17, 15) is 0 Å². The first-order valence-electron chi connectivity index (χ1n) is 6.99. The van der Waals surface area contributed by atoms with Gasteiger partial charge in [0.15, 0.2) is 0 Å². The molecular weight excluding hydrogens is 259 g/mol. The molecule has 1 unspecified atom stereocenters. The van der Waals surface area contributed by atoms with Crippen molar-refractivity contribution >= 4 is 19.3 Å². The highest BCUT2D eigenvalue weighted by Gasteiger charge is 2.11. The minimum absolute atomic E-state index is 0.291. The summed E-state index contributed by atoms with van der Waals surface area (Å²) in [6.07, 6.45) is 2.06. The Hall–Kier alpha value is -1.61. The third-order valence-electron chi connectivity index (χ3n) is 3.15. The van der Waals surface area contributed by atoms with Gasteiger partial charge < -0.3 is 0 Å². The SMILES string of the molecule is Cc1ccc(P(C=C=Cc2ccccc2)C(C)C)cc1.